The van der Waals surface area contributed by atoms with Crippen LogP contribution >= 0.6 is 0 Å². The van der Waals surface area contributed by atoms with Crippen molar-refractivity contribution in [2.75, 3.05) is 20.8 Å². The Balaban J connectivity index is 2.96. The molecule has 0 unspecified atom stereocenters. The Morgan fingerprint density at radius 1 is 1.50 bits per heavy atom. The highest BCUT2D eigenvalue weighted by Crippen LogP contribution is 2.22. The van der Waals surface area contributed by atoms with Gasteiger partial charge in [0.15, 0.2) is 0 Å². The summed E-state index contributed by atoms with van der Waals surface area (Å²) in [6, 6.07) is 4.97. The lowest BCUT2D eigenvalue weighted by atomic mass is 10.1. The minimum atomic E-state index is -0.419. The van der Waals surface area contributed by atoms with Crippen LogP contribution in [0.1, 0.15) is 15.9 Å². The maximum absolute atomic E-state index is 11.3. The number of azide groups is 1. The van der Waals surface area contributed by atoms with Crippen LogP contribution in [0, 0.1) is 0 Å². The van der Waals surface area contributed by atoms with Crippen LogP contribution in [0.25, 0.3) is 16.5 Å². The van der Waals surface area contributed by atoms with Gasteiger partial charge in [0.05, 0.1) is 19.8 Å². The average molecular weight is 247 g/mol. The summed E-state index contributed by atoms with van der Waals surface area (Å²) in [5, 5.41) is 3.38. The lowest BCUT2D eigenvalue weighted by molar-refractivity contribution is 0.0600. The molecule has 0 heterocycles. The quantitative estimate of drug-likeness (QED) is 0.347. The van der Waals surface area contributed by atoms with Crippen LogP contribution in [0.2, 0.25) is 0 Å². The minimum Gasteiger partial charge on any atom is -0.496 e. The summed E-state index contributed by atoms with van der Waals surface area (Å²) >= 11 is 0. The Morgan fingerprint density at radius 2 is 2.28 bits per heavy atom. The molecule has 0 aliphatic rings. The summed E-state index contributed by atoms with van der Waals surface area (Å²) in [6.07, 6.45) is 3.46. The monoisotopic (exact) mass is 247 g/mol. The van der Waals surface area contributed by atoms with Crippen molar-refractivity contribution in [3.05, 3.63) is 45.8 Å². The third kappa shape index (κ3) is 3.54. The van der Waals surface area contributed by atoms with E-state index in [4.69, 9.17) is 10.3 Å². The molecule has 0 fully saturated rings. The van der Waals surface area contributed by atoms with Gasteiger partial charge in [0, 0.05) is 17.0 Å². The molecule has 0 radical (unpaired) electrons. The molecule has 0 saturated carbocycles. The zero-order valence-corrected chi connectivity index (χ0v) is 10.2. The summed E-state index contributed by atoms with van der Waals surface area (Å²) in [5.41, 5.74) is 9.35. The van der Waals surface area contributed by atoms with Crippen molar-refractivity contribution in [3.8, 4) is 5.75 Å². The standard InChI is InChI=1S/C12H13N3O3/c1-17-11-8-10(12(16)18-2)6-5-9(11)4-3-7-14-15-13/h3-6,8H,7H2,1-2H3. The molecule has 0 aromatic heterocycles. The van der Waals surface area contributed by atoms with E-state index in [0.717, 1.165) is 5.56 Å². The molecule has 6 nitrogen and oxygen atoms in total. The average Bonchev–Trinajstić information content (AvgIpc) is 2.42. The number of benzene rings is 1. The summed E-state index contributed by atoms with van der Waals surface area (Å²) in [4.78, 5) is 14.0. The molecular formula is C12H13N3O3. The van der Waals surface area contributed by atoms with Crippen LogP contribution in [0.15, 0.2) is 29.4 Å². The molecule has 1 aromatic carbocycles. The Morgan fingerprint density at radius 3 is 2.89 bits per heavy atom. The first-order valence-electron chi connectivity index (χ1n) is 5.16. The van der Waals surface area contributed by atoms with Gasteiger partial charge in [-0.2, -0.15) is 0 Å². The summed E-state index contributed by atoms with van der Waals surface area (Å²) < 4.78 is 9.80. The largest absolute Gasteiger partial charge is 0.496 e. The maximum Gasteiger partial charge on any atom is 0.337 e. The van der Waals surface area contributed by atoms with Gasteiger partial charge in [-0.1, -0.05) is 23.3 Å². The topological polar surface area (TPSA) is 84.3 Å². The lowest BCUT2D eigenvalue weighted by Crippen LogP contribution is -2.01. The van der Waals surface area contributed by atoms with Crippen molar-refractivity contribution in [2.24, 2.45) is 5.11 Å². The van der Waals surface area contributed by atoms with Gasteiger partial charge in [-0.25, -0.2) is 4.79 Å². The van der Waals surface area contributed by atoms with Crippen molar-refractivity contribution in [3.63, 3.8) is 0 Å². The number of nitrogens with zero attached hydrogens (tertiary/aromatic N) is 3. The normalized spacial score (nSPS) is 9.89. The van der Waals surface area contributed by atoms with Crippen molar-refractivity contribution in [2.45, 2.75) is 0 Å². The Labute approximate surface area is 104 Å². The zero-order chi connectivity index (χ0) is 13.4. The molecule has 6 heteroatoms. The predicted octanol–water partition coefficient (Wildman–Crippen LogP) is 2.81. The van der Waals surface area contributed by atoms with E-state index in [2.05, 4.69) is 14.8 Å². The van der Waals surface area contributed by atoms with Gasteiger partial charge in [-0.05, 0) is 17.7 Å². The van der Waals surface area contributed by atoms with Gasteiger partial charge in [-0.3, -0.25) is 0 Å². The third-order valence-corrected chi connectivity index (χ3v) is 2.20. The molecule has 1 aromatic rings. The molecule has 0 saturated heterocycles. The molecule has 94 valence electrons. The number of rotatable bonds is 5. The molecule has 0 aliphatic carbocycles. The van der Waals surface area contributed by atoms with Crippen molar-refractivity contribution < 1.29 is 14.3 Å². The highest BCUT2D eigenvalue weighted by atomic mass is 16.5. The van der Waals surface area contributed by atoms with E-state index in [-0.39, 0.29) is 6.54 Å². The first-order valence-corrected chi connectivity index (χ1v) is 5.16. The summed E-state index contributed by atoms with van der Waals surface area (Å²) in [6.45, 7) is 0.262. The van der Waals surface area contributed by atoms with Crippen LogP contribution in [0.4, 0.5) is 0 Å². The number of ether oxygens (including phenoxy) is 2. The van der Waals surface area contributed by atoms with Gasteiger partial charge in [-0.15, -0.1) is 0 Å². The van der Waals surface area contributed by atoms with Gasteiger partial charge in [0.25, 0.3) is 0 Å². The van der Waals surface area contributed by atoms with E-state index in [0.29, 0.717) is 11.3 Å². The van der Waals surface area contributed by atoms with Crippen LogP contribution in [0.3, 0.4) is 0 Å². The fourth-order valence-electron chi connectivity index (χ4n) is 1.36. The molecule has 0 spiro atoms. The van der Waals surface area contributed by atoms with Gasteiger partial charge in [0.2, 0.25) is 0 Å². The molecular weight excluding hydrogens is 234 g/mol. The Hall–Kier alpha value is -2.46. The third-order valence-electron chi connectivity index (χ3n) is 2.20. The van der Waals surface area contributed by atoms with E-state index in [1.165, 1.54) is 14.2 Å². The summed E-state index contributed by atoms with van der Waals surface area (Å²) in [5.74, 6) is 0.132. The lowest BCUT2D eigenvalue weighted by Gasteiger charge is -2.06. The van der Waals surface area contributed by atoms with E-state index < -0.39 is 5.97 Å². The van der Waals surface area contributed by atoms with Gasteiger partial charge in [0.1, 0.15) is 5.75 Å². The second-order valence-electron chi connectivity index (χ2n) is 3.26. The smallest absolute Gasteiger partial charge is 0.337 e. The van der Waals surface area contributed by atoms with Gasteiger partial charge < -0.3 is 9.47 Å². The molecule has 0 aliphatic heterocycles. The highest BCUT2D eigenvalue weighted by Gasteiger charge is 2.08. The molecule has 0 amide bonds. The van der Waals surface area contributed by atoms with E-state index >= 15 is 0 Å². The van der Waals surface area contributed by atoms with E-state index in [1.807, 2.05) is 0 Å². The second kappa shape index (κ2) is 6.98. The van der Waals surface area contributed by atoms with Crippen LogP contribution < -0.4 is 4.74 Å². The predicted molar refractivity (Wildman–Crippen MR) is 67.4 cm³/mol. The molecule has 0 atom stereocenters. The van der Waals surface area contributed by atoms with Crippen molar-refractivity contribution in [1.82, 2.24) is 0 Å². The first-order chi connectivity index (χ1) is 8.72. The summed E-state index contributed by atoms with van der Waals surface area (Å²) in [7, 11) is 2.84. The molecule has 0 bridgehead atoms. The van der Waals surface area contributed by atoms with Crippen LogP contribution in [0.5, 0.6) is 5.75 Å². The second-order valence-corrected chi connectivity index (χ2v) is 3.26. The molecule has 0 N–H and O–H groups in total. The van der Waals surface area contributed by atoms with E-state index in [1.54, 1.807) is 30.4 Å². The number of methoxy groups -OCH3 is 2. The molecule has 18 heavy (non-hydrogen) atoms. The Bertz CT molecular complexity index is 505. The Kier molecular flexibility index (Phi) is 5.28. The number of hydrogen-bond acceptors (Lipinski definition) is 4. The fraction of sp³-hybridized carbons (Fsp3) is 0.250. The van der Waals surface area contributed by atoms with Crippen LogP contribution in [-0.4, -0.2) is 26.7 Å². The van der Waals surface area contributed by atoms with Crippen molar-refractivity contribution >= 4 is 12.0 Å². The van der Waals surface area contributed by atoms with E-state index in [9.17, 15) is 4.79 Å². The maximum atomic E-state index is 11.3. The van der Waals surface area contributed by atoms with Gasteiger partial charge >= 0.3 is 5.97 Å². The van der Waals surface area contributed by atoms with Crippen molar-refractivity contribution in [1.29, 1.82) is 0 Å². The molecule has 1 rings (SSSR count). The number of esters is 1. The zero-order valence-electron chi connectivity index (χ0n) is 10.2. The number of hydrogen-bond donors (Lipinski definition) is 0. The SMILES string of the molecule is COC(=O)c1ccc(C=CCN=[N+]=[N-])c(OC)c1. The highest BCUT2D eigenvalue weighted by molar-refractivity contribution is 5.90. The number of carbonyl (C=O) groups excluding carboxylic acids is 1. The van der Waals surface area contributed by atoms with Crippen LogP contribution in [-0.2, 0) is 4.74 Å². The minimum absolute atomic E-state index is 0.262. The first kappa shape index (κ1) is 13.6. The fourth-order valence-corrected chi connectivity index (χ4v) is 1.36. The number of carbonyl (C=O) groups is 1.